The highest BCUT2D eigenvalue weighted by atomic mass is 16.5. The molecule has 0 radical (unpaired) electrons. The van der Waals surface area contributed by atoms with Gasteiger partial charge in [-0.25, -0.2) is 0 Å². The molecule has 4 heteroatoms. The Kier molecular flexibility index (Phi) is 7.67. The number of likely N-dealkylation sites (N-methyl/N-ethyl adjacent to an activating group) is 1. The van der Waals surface area contributed by atoms with E-state index in [9.17, 15) is 4.79 Å². The van der Waals surface area contributed by atoms with E-state index in [-0.39, 0.29) is 18.1 Å². The minimum atomic E-state index is -0.261. The fourth-order valence-corrected chi connectivity index (χ4v) is 2.86. The maximum absolute atomic E-state index is 12.7. The molecule has 0 saturated carbocycles. The van der Waals surface area contributed by atoms with Crippen molar-refractivity contribution in [3.05, 3.63) is 65.7 Å². The van der Waals surface area contributed by atoms with Crippen LogP contribution in [-0.2, 0) is 11.2 Å². The van der Waals surface area contributed by atoms with Gasteiger partial charge in [0.25, 0.3) is 0 Å². The van der Waals surface area contributed by atoms with Gasteiger partial charge in [0, 0.05) is 6.54 Å². The zero-order chi connectivity index (χ0) is 18.9. The predicted molar refractivity (Wildman–Crippen MR) is 106 cm³/mol. The van der Waals surface area contributed by atoms with Crippen molar-refractivity contribution >= 4 is 5.91 Å². The van der Waals surface area contributed by atoms with Crippen LogP contribution in [0.3, 0.4) is 0 Å². The standard InChI is InChI=1S/C22H30N2O2/c1-5-24(4)21(19-9-7-6-8-10-19)22(25)23-16-15-18-11-13-20(14-12-18)26-17(2)3/h6-14,17,21H,5,15-16H2,1-4H3,(H,23,25). The Labute approximate surface area is 157 Å². The molecule has 0 aliphatic carbocycles. The van der Waals surface area contributed by atoms with E-state index in [2.05, 4.69) is 29.3 Å². The molecule has 0 fully saturated rings. The molecule has 1 unspecified atom stereocenters. The summed E-state index contributed by atoms with van der Waals surface area (Å²) < 4.78 is 5.66. The molecule has 0 saturated heterocycles. The first-order chi connectivity index (χ1) is 12.5. The van der Waals surface area contributed by atoms with E-state index >= 15 is 0 Å². The molecule has 2 aromatic carbocycles. The summed E-state index contributed by atoms with van der Waals surface area (Å²) >= 11 is 0. The molecule has 26 heavy (non-hydrogen) atoms. The van der Waals surface area contributed by atoms with Crippen molar-refractivity contribution in [3.63, 3.8) is 0 Å². The zero-order valence-electron chi connectivity index (χ0n) is 16.2. The summed E-state index contributed by atoms with van der Waals surface area (Å²) in [4.78, 5) is 14.8. The summed E-state index contributed by atoms with van der Waals surface area (Å²) in [6.07, 6.45) is 0.969. The fourth-order valence-electron chi connectivity index (χ4n) is 2.86. The molecular weight excluding hydrogens is 324 g/mol. The van der Waals surface area contributed by atoms with Crippen molar-refractivity contribution in [2.45, 2.75) is 39.3 Å². The number of ether oxygens (including phenoxy) is 1. The van der Waals surface area contributed by atoms with Crippen LogP contribution < -0.4 is 10.1 Å². The van der Waals surface area contributed by atoms with Crippen LogP contribution in [-0.4, -0.2) is 37.0 Å². The molecular formula is C22H30N2O2. The second kappa shape index (κ2) is 9.97. The number of carbonyl (C=O) groups is 1. The SMILES string of the molecule is CCN(C)C(C(=O)NCCc1ccc(OC(C)C)cc1)c1ccccc1. The molecule has 0 spiro atoms. The highest BCUT2D eigenvalue weighted by Crippen LogP contribution is 2.19. The summed E-state index contributed by atoms with van der Waals surface area (Å²) in [5, 5.41) is 3.08. The number of nitrogens with one attached hydrogen (secondary N) is 1. The molecule has 1 atom stereocenters. The average Bonchev–Trinajstić information content (AvgIpc) is 2.63. The minimum absolute atomic E-state index is 0.0420. The van der Waals surface area contributed by atoms with E-state index in [0.717, 1.165) is 24.3 Å². The van der Waals surface area contributed by atoms with Gasteiger partial charge < -0.3 is 10.1 Å². The topological polar surface area (TPSA) is 41.6 Å². The van der Waals surface area contributed by atoms with E-state index in [0.29, 0.717) is 6.54 Å². The Morgan fingerprint density at radius 2 is 1.73 bits per heavy atom. The molecule has 0 aliphatic heterocycles. The van der Waals surface area contributed by atoms with Gasteiger partial charge in [0.15, 0.2) is 0 Å². The van der Waals surface area contributed by atoms with E-state index in [1.807, 2.05) is 63.4 Å². The molecule has 140 valence electrons. The third-order valence-electron chi connectivity index (χ3n) is 4.31. The Morgan fingerprint density at radius 1 is 1.08 bits per heavy atom. The van der Waals surface area contributed by atoms with Crippen LogP contribution in [0.5, 0.6) is 5.75 Å². The monoisotopic (exact) mass is 354 g/mol. The van der Waals surface area contributed by atoms with Crippen LogP contribution in [0.15, 0.2) is 54.6 Å². The fraction of sp³-hybridized carbons (Fsp3) is 0.409. The molecule has 4 nitrogen and oxygen atoms in total. The number of hydrogen-bond acceptors (Lipinski definition) is 3. The second-order valence-corrected chi connectivity index (χ2v) is 6.74. The quantitative estimate of drug-likeness (QED) is 0.744. The van der Waals surface area contributed by atoms with Crippen molar-refractivity contribution in [2.24, 2.45) is 0 Å². The normalized spacial score (nSPS) is 12.2. The lowest BCUT2D eigenvalue weighted by atomic mass is 10.0. The third kappa shape index (κ3) is 5.88. The Balaban J connectivity index is 1.91. The summed E-state index contributed by atoms with van der Waals surface area (Å²) in [6.45, 7) is 7.51. The summed E-state index contributed by atoms with van der Waals surface area (Å²) in [6, 6.07) is 17.7. The molecule has 0 heterocycles. The van der Waals surface area contributed by atoms with Crippen LogP contribution in [0, 0.1) is 0 Å². The van der Waals surface area contributed by atoms with Gasteiger partial charge in [0.05, 0.1) is 6.10 Å². The van der Waals surface area contributed by atoms with Gasteiger partial charge in [-0.15, -0.1) is 0 Å². The van der Waals surface area contributed by atoms with Gasteiger partial charge in [0.2, 0.25) is 5.91 Å². The number of amides is 1. The van der Waals surface area contributed by atoms with Crippen molar-refractivity contribution in [3.8, 4) is 5.75 Å². The van der Waals surface area contributed by atoms with Gasteiger partial charge in [-0.1, -0.05) is 49.4 Å². The lowest BCUT2D eigenvalue weighted by molar-refractivity contribution is -0.126. The van der Waals surface area contributed by atoms with Gasteiger partial charge in [-0.2, -0.15) is 0 Å². The molecule has 1 N–H and O–H groups in total. The molecule has 0 aliphatic rings. The number of carbonyl (C=O) groups excluding carboxylic acids is 1. The highest BCUT2D eigenvalue weighted by molar-refractivity contribution is 5.83. The smallest absolute Gasteiger partial charge is 0.241 e. The summed E-state index contributed by atoms with van der Waals surface area (Å²) in [5.74, 6) is 0.918. The van der Waals surface area contributed by atoms with E-state index in [1.54, 1.807) is 0 Å². The Hall–Kier alpha value is -2.33. The molecule has 2 rings (SSSR count). The molecule has 0 bridgehead atoms. The predicted octanol–water partition coefficient (Wildman–Crippen LogP) is 3.83. The van der Waals surface area contributed by atoms with Crippen LogP contribution >= 0.6 is 0 Å². The number of nitrogens with zero attached hydrogens (tertiary/aromatic N) is 1. The molecule has 2 aromatic rings. The maximum atomic E-state index is 12.7. The largest absolute Gasteiger partial charge is 0.491 e. The minimum Gasteiger partial charge on any atom is -0.491 e. The average molecular weight is 354 g/mol. The lowest BCUT2D eigenvalue weighted by Gasteiger charge is -2.26. The number of benzene rings is 2. The maximum Gasteiger partial charge on any atom is 0.241 e. The summed E-state index contributed by atoms with van der Waals surface area (Å²) in [7, 11) is 1.98. The Bertz CT molecular complexity index is 668. The first kappa shape index (κ1) is 20.0. The third-order valence-corrected chi connectivity index (χ3v) is 4.31. The van der Waals surface area contributed by atoms with Gasteiger partial charge in [-0.05, 0) is 57.1 Å². The van der Waals surface area contributed by atoms with E-state index in [4.69, 9.17) is 4.74 Å². The first-order valence-electron chi connectivity index (χ1n) is 9.29. The summed E-state index contributed by atoms with van der Waals surface area (Å²) in [5.41, 5.74) is 2.20. The van der Waals surface area contributed by atoms with E-state index < -0.39 is 0 Å². The Morgan fingerprint density at radius 3 is 2.31 bits per heavy atom. The van der Waals surface area contributed by atoms with Crippen molar-refractivity contribution in [1.29, 1.82) is 0 Å². The van der Waals surface area contributed by atoms with Crippen LogP contribution in [0.2, 0.25) is 0 Å². The van der Waals surface area contributed by atoms with Crippen LogP contribution in [0.4, 0.5) is 0 Å². The van der Waals surface area contributed by atoms with Gasteiger partial charge >= 0.3 is 0 Å². The highest BCUT2D eigenvalue weighted by Gasteiger charge is 2.23. The zero-order valence-corrected chi connectivity index (χ0v) is 16.2. The number of rotatable bonds is 9. The molecule has 0 aromatic heterocycles. The first-order valence-corrected chi connectivity index (χ1v) is 9.29. The van der Waals surface area contributed by atoms with Gasteiger partial charge in [0.1, 0.15) is 11.8 Å². The second-order valence-electron chi connectivity index (χ2n) is 6.74. The van der Waals surface area contributed by atoms with E-state index in [1.165, 1.54) is 5.56 Å². The van der Waals surface area contributed by atoms with Crippen molar-refractivity contribution in [1.82, 2.24) is 10.2 Å². The number of hydrogen-bond donors (Lipinski definition) is 1. The molecule has 1 amide bonds. The van der Waals surface area contributed by atoms with Gasteiger partial charge in [-0.3, -0.25) is 9.69 Å². The van der Waals surface area contributed by atoms with Crippen LogP contribution in [0.25, 0.3) is 0 Å². The lowest BCUT2D eigenvalue weighted by Crippen LogP contribution is -2.39. The van der Waals surface area contributed by atoms with Crippen molar-refractivity contribution in [2.75, 3.05) is 20.1 Å². The van der Waals surface area contributed by atoms with Crippen LogP contribution in [0.1, 0.15) is 37.9 Å². The van der Waals surface area contributed by atoms with Crippen molar-refractivity contribution < 1.29 is 9.53 Å².